The second-order valence-electron chi connectivity index (χ2n) is 5.76. The SMILES string of the molecule is Cc1ccc([C@H]2[C@@H](C(N)=O)[C@H](C)ON2c2ccccc2)cc1. The van der Waals surface area contributed by atoms with Gasteiger partial charge in [-0.05, 0) is 31.5 Å². The summed E-state index contributed by atoms with van der Waals surface area (Å²) in [5.74, 6) is -0.723. The third kappa shape index (κ3) is 2.57. The summed E-state index contributed by atoms with van der Waals surface area (Å²) in [6.45, 7) is 3.93. The minimum Gasteiger partial charge on any atom is -0.369 e. The number of nitrogens with zero attached hydrogens (tertiary/aromatic N) is 1. The first-order valence-electron chi connectivity index (χ1n) is 7.45. The van der Waals surface area contributed by atoms with Crippen molar-refractivity contribution in [3.63, 3.8) is 0 Å². The summed E-state index contributed by atoms with van der Waals surface area (Å²) in [5, 5.41) is 1.81. The van der Waals surface area contributed by atoms with Gasteiger partial charge in [0.25, 0.3) is 0 Å². The molecule has 0 radical (unpaired) electrons. The highest BCUT2D eigenvalue weighted by atomic mass is 16.7. The molecule has 1 fully saturated rings. The molecule has 1 aliphatic heterocycles. The normalized spacial score (nSPS) is 24.5. The van der Waals surface area contributed by atoms with Gasteiger partial charge in [-0.2, -0.15) is 0 Å². The van der Waals surface area contributed by atoms with Crippen LogP contribution in [0.3, 0.4) is 0 Å². The molecule has 4 nitrogen and oxygen atoms in total. The zero-order valence-electron chi connectivity index (χ0n) is 12.8. The highest BCUT2D eigenvalue weighted by molar-refractivity contribution is 5.79. The number of aryl methyl sites for hydroxylation is 1. The number of hydrogen-bond donors (Lipinski definition) is 1. The minimum atomic E-state index is -0.386. The molecular weight excluding hydrogens is 276 g/mol. The molecule has 0 spiro atoms. The van der Waals surface area contributed by atoms with Crippen LogP contribution in [-0.2, 0) is 9.63 Å². The Labute approximate surface area is 130 Å². The van der Waals surface area contributed by atoms with Crippen molar-refractivity contribution >= 4 is 11.6 Å². The van der Waals surface area contributed by atoms with Gasteiger partial charge in [0.15, 0.2) is 0 Å². The summed E-state index contributed by atoms with van der Waals surface area (Å²) < 4.78 is 0. The molecule has 2 aromatic rings. The summed E-state index contributed by atoms with van der Waals surface area (Å²) in [6, 6.07) is 17.7. The van der Waals surface area contributed by atoms with Crippen LogP contribution in [-0.4, -0.2) is 12.0 Å². The van der Waals surface area contributed by atoms with Gasteiger partial charge in [0, 0.05) is 0 Å². The van der Waals surface area contributed by atoms with Crippen molar-refractivity contribution in [3.05, 3.63) is 65.7 Å². The Bertz CT molecular complexity index is 655. The maximum atomic E-state index is 12.0. The van der Waals surface area contributed by atoms with Crippen LogP contribution < -0.4 is 10.8 Å². The number of hydrogen-bond acceptors (Lipinski definition) is 3. The third-order valence-electron chi connectivity index (χ3n) is 4.14. The molecule has 0 aromatic heterocycles. The van der Waals surface area contributed by atoms with Crippen molar-refractivity contribution in [2.24, 2.45) is 11.7 Å². The van der Waals surface area contributed by atoms with E-state index in [1.165, 1.54) is 5.56 Å². The minimum absolute atomic E-state index is 0.213. The third-order valence-corrected chi connectivity index (χ3v) is 4.14. The van der Waals surface area contributed by atoms with E-state index in [4.69, 9.17) is 10.6 Å². The van der Waals surface area contributed by atoms with E-state index in [1.807, 2.05) is 73.5 Å². The van der Waals surface area contributed by atoms with Gasteiger partial charge in [-0.15, -0.1) is 0 Å². The van der Waals surface area contributed by atoms with Gasteiger partial charge >= 0.3 is 0 Å². The molecule has 0 bridgehead atoms. The van der Waals surface area contributed by atoms with Crippen LogP contribution in [0.25, 0.3) is 0 Å². The number of para-hydroxylation sites is 1. The first kappa shape index (κ1) is 14.6. The van der Waals surface area contributed by atoms with E-state index in [1.54, 1.807) is 0 Å². The molecule has 1 amide bonds. The molecule has 2 aromatic carbocycles. The molecule has 1 aliphatic rings. The number of hydroxylamine groups is 1. The van der Waals surface area contributed by atoms with Gasteiger partial charge in [0.2, 0.25) is 5.91 Å². The molecule has 0 aliphatic carbocycles. The van der Waals surface area contributed by atoms with Crippen LogP contribution >= 0.6 is 0 Å². The summed E-state index contributed by atoms with van der Waals surface area (Å²) in [5.41, 5.74) is 8.77. The van der Waals surface area contributed by atoms with E-state index in [9.17, 15) is 4.79 Å². The summed E-state index contributed by atoms with van der Waals surface area (Å²) in [6.07, 6.45) is -0.260. The van der Waals surface area contributed by atoms with Crippen molar-refractivity contribution in [1.82, 2.24) is 0 Å². The molecule has 0 saturated carbocycles. The number of anilines is 1. The first-order valence-corrected chi connectivity index (χ1v) is 7.45. The van der Waals surface area contributed by atoms with Gasteiger partial charge in [0.1, 0.15) is 0 Å². The second-order valence-corrected chi connectivity index (χ2v) is 5.76. The predicted molar refractivity (Wildman–Crippen MR) is 86.1 cm³/mol. The quantitative estimate of drug-likeness (QED) is 0.947. The number of nitrogens with two attached hydrogens (primary N) is 1. The number of rotatable bonds is 3. The smallest absolute Gasteiger partial charge is 0.225 e. The average Bonchev–Trinajstić information content (AvgIpc) is 2.86. The lowest BCUT2D eigenvalue weighted by Gasteiger charge is -2.26. The van der Waals surface area contributed by atoms with E-state index in [2.05, 4.69) is 0 Å². The predicted octanol–water partition coefficient (Wildman–Crippen LogP) is 2.98. The van der Waals surface area contributed by atoms with Crippen LogP contribution in [0.5, 0.6) is 0 Å². The van der Waals surface area contributed by atoms with E-state index in [0.717, 1.165) is 11.3 Å². The molecule has 1 heterocycles. The Balaban J connectivity index is 2.05. The molecule has 22 heavy (non-hydrogen) atoms. The fraction of sp³-hybridized carbons (Fsp3) is 0.278. The lowest BCUT2D eigenvalue weighted by Crippen LogP contribution is -2.33. The number of benzene rings is 2. The summed E-state index contributed by atoms with van der Waals surface area (Å²) in [7, 11) is 0. The maximum Gasteiger partial charge on any atom is 0.225 e. The largest absolute Gasteiger partial charge is 0.369 e. The van der Waals surface area contributed by atoms with Crippen LogP contribution in [0, 0.1) is 12.8 Å². The fourth-order valence-corrected chi connectivity index (χ4v) is 3.00. The topological polar surface area (TPSA) is 55.6 Å². The highest BCUT2D eigenvalue weighted by Crippen LogP contribution is 2.42. The highest BCUT2D eigenvalue weighted by Gasteiger charge is 2.45. The van der Waals surface area contributed by atoms with Crippen molar-refractivity contribution in [2.75, 3.05) is 5.06 Å². The Morgan fingerprint density at radius 3 is 2.32 bits per heavy atom. The van der Waals surface area contributed by atoms with E-state index >= 15 is 0 Å². The zero-order chi connectivity index (χ0) is 15.7. The lowest BCUT2D eigenvalue weighted by molar-refractivity contribution is -0.123. The molecule has 0 unspecified atom stereocenters. The van der Waals surface area contributed by atoms with E-state index < -0.39 is 0 Å². The van der Waals surface area contributed by atoms with Crippen molar-refractivity contribution in [2.45, 2.75) is 26.0 Å². The Morgan fingerprint density at radius 1 is 1.09 bits per heavy atom. The van der Waals surface area contributed by atoms with Crippen LogP contribution in [0.2, 0.25) is 0 Å². The Hall–Kier alpha value is -2.33. The number of amides is 1. The van der Waals surface area contributed by atoms with Gasteiger partial charge in [0.05, 0.1) is 23.8 Å². The average molecular weight is 296 g/mol. The van der Waals surface area contributed by atoms with Gasteiger partial charge in [-0.3, -0.25) is 9.63 Å². The van der Waals surface area contributed by atoms with Crippen LogP contribution in [0.15, 0.2) is 54.6 Å². The van der Waals surface area contributed by atoms with Crippen molar-refractivity contribution < 1.29 is 9.63 Å². The first-order chi connectivity index (χ1) is 10.6. The van der Waals surface area contributed by atoms with E-state index in [-0.39, 0.29) is 24.0 Å². The summed E-state index contributed by atoms with van der Waals surface area (Å²) in [4.78, 5) is 17.9. The molecular formula is C18H20N2O2. The maximum absolute atomic E-state index is 12.0. The van der Waals surface area contributed by atoms with Gasteiger partial charge < -0.3 is 5.73 Å². The van der Waals surface area contributed by atoms with Crippen LogP contribution in [0.1, 0.15) is 24.1 Å². The van der Waals surface area contributed by atoms with E-state index in [0.29, 0.717) is 0 Å². The van der Waals surface area contributed by atoms with Crippen LogP contribution in [0.4, 0.5) is 5.69 Å². The monoisotopic (exact) mass is 296 g/mol. The number of primary amides is 1. The second kappa shape index (κ2) is 5.81. The lowest BCUT2D eigenvalue weighted by atomic mass is 9.89. The Kier molecular flexibility index (Phi) is 3.86. The Morgan fingerprint density at radius 2 is 1.73 bits per heavy atom. The summed E-state index contributed by atoms with van der Waals surface area (Å²) >= 11 is 0. The fourth-order valence-electron chi connectivity index (χ4n) is 3.00. The van der Waals surface area contributed by atoms with Gasteiger partial charge in [-0.25, -0.2) is 5.06 Å². The molecule has 3 rings (SSSR count). The van der Waals surface area contributed by atoms with Gasteiger partial charge in [-0.1, -0.05) is 48.0 Å². The molecule has 3 atom stereocenters. The molecule has 4 heteroatoms. The van der Waals surface area contributed by atoms with Crippen molar-refractivity contribution in [3.8, 4) is 0 Å². The standard InChI is InChI=1S/C18H20N2O2/c1-12-8-10-14(11-9-12)17-16(18(19)21)13(2)22-20(17)15-6-4-3-5-7-15/h3-11,13,16-17H,1-2H3,(H2,19,21)/t13-,16-,17-/m0/s1. The molecule has 1 saturated heterocycles. The molecule has 114 valence electrons. The number of carbonyl (C=O) groups is 1. The van der Waals surface area contributed by atoms with Crippen molar-refractivity contribution in [1.29, 1.82) is 0 Å². The zero-order valence-corrected chi connectivity index (χ0v) is 12.8. The molecule has 2 N–H and O–H groups in total. The number of carbonyl (C=O) groups excluding carboxylic acids is 1.